The molecule has 2 aromatic heterocycles. The van der Waals surface area contributed by atoms with E-state index in [0.717, 1.165) is 49.5 Å². The SMILES string of the molecule is O=C(Nc1nc2ccccc2s1)c1cccc2c1CN(c1nc(C(=O)O)c(CCCOc3ccc(-c4ccccc4)cc3)s1)CC2. The van der Waals surface area contributed by atoms with E-state index in [0.29, 0.717) is 48.4 Å². The molecule has 0 unspecified atom stereocenters. The average Bonchev–Trinajstić information content (AvgIpc) is 3.71. The van der Waals surface area contributed by atoms with Crippen LogP contribution >= 0.6 is 22.7 Å². The summed E-state index contributed by atoms with van der Waals surface area (Å²) in [6.07, 6.45) is 1.93. The molecule has 0 spiro atoms. The van der Waals surface area contributed by atoms with Gasteiger partial charge in [-0.3, -0.25) is 10.1 Å². The fourth-order valence-corrected chi connectivity index (χ4v) is 7.63. The van der Waals surface area contributed by atoms with Crippen LogP contribution in [-0.2, 0) is 19.4 Å². The monoisotopic (exact) mass is 646 g/mol. The number of aromatic nitrogens is 2. The zero-order valence-electron chi connectivity index (χ0n) is 24.8. The maximum absolute atomic E-state index is 13.4. The van der Waals surface area contributed by atoms with Gasteiger partial charge in [-0.2, -0.15) is 0 Å². The topological polar surface area (TPSA) is 105 Å². The van der Waals surface area contributed by atoms with Gasteiger partial charge in [0.2, 0.25) is 0 Å². The highest BCUT2D eigenvalue weighted by molar-refractivity contribution is 7.22. The Hall–Kier alpha value is -5.06. The molecule has 0 bridgehead atoms. The van der Waals surface area contributed by atoms with E-state index in [1.165, 1.54) is 22.7 Å². The van der Waals surface area contributed by atoms with Crippen LogP contribution < -0.4 is 15.0 Å². The lowest BCUT2D eigenvalue weighted by molar-refractivity contribution is 0.0690. The molecule has 3 heterocycles. The summed E-state index contributed by atoms with van der Waals surface area (Å²) >= 11 is 2.85. The number of ether oxygens (including phenoxy) is 1. The quantitative estimate of drug-likeness (QED) is 0.146. The number of thiazole rings is 2. The molecule has 0 aliphatic carbocycles. The molecule has 7 rings (SSSR count). The molecule has 1 amide bonds. The van der Waals surface area contributed by atoms with E-state index in [1.807, 2.05) is 84.9 Å². The molecule has 1 aliphatic heterocycles. The van der Waals surface area contributed by atoms with Crippen molar-refractivity contribution in [1.82, 2.24) is 9.97 Å². The maximum atomic E-state index is 13.4. The lowest BCUT2D eigenvalue weighted by Gasteiger charge is -2.29. The van der Waals surface area contributed by atoms with Gasteiger partial charge >= 0.3 is 5.97 Å². The first-order chi connectivity index (χ1) is 22.5. The molecule has 8 nitrogen and oxygen atoms in total. The number of amides is 1. The van der Waals surface area contributed by atoms with Crippen LogP contribution in [0.3, 0.4) is 0 Å². The number of carbonyl (C=O) groups is 2. The summed E-state index contributed by atoms with van der Waals surface area (Å²) in [7, 11) is 0. The number of carboxylic acid groups (broad SMARTS) is 1. The number of carbonyl (C=O) groups excluding carboxylic acids is 1. The summed E-state index contributed by atoms with van der Waals surface area (Å²) in [5.74, 6) is -0.472. The van der Waals surface area contributed by atoms with Crippen molar-refractivity contribution < 1.29 is 19.4 Å². The Morgan fingerprint density at radius 1 is 0.870 bits per heavy atom. The van der Waals surface area contributed by atoms with Gasteiger partial charge in [-0.05, 0) is 71.8 Å². The molecule has 230 valence electrons. The van der Waals surface area contributed by atoms with Crippen LogP contribution in [0.5, 0.6) is 5.75 Å². The second-order valence-electron chi connectivity index (χ2n) is 11.0. The minimum atomic E-state index is -1.04. The third-order valence-electron chi connectivity index (χ3n) is 7.97. The summed E-state index contributed by atoms with van der Waals surface area (Å²) in [5.41, 5.74) is 5.83. The summed E-state index contributed by atoms with van der Waals surface area (Å²) in [6.45, 7) is 1.61. The van der Waals surface area contributed by atoms with E-state index < -0.39 is 5.97 Å². The van der Waals surface area contributed by atoms with E-state index in [1.54, 1.807) is 0 Å². The Morgan fingerprint density at radius 3 is 2.46 bits per heavy atom. The molecular formula is C36H30N4O4S2. The number of nitrogens with one attached hydrogen (secondary N) is 1. The number of rotatable bonds is 10. The minimum Gasteiger partial charge on any atom is -0.494 e. The summed E-state index contributed by atoms with van der Waals surface area (Å²) in [4.78, 5) is 37.4. The number of aromatic carboxylic acids is 1. The first-order valence-electron chi connectivity index (χ1n) is 15.1. The van der Waals surface area contributed by atoms with Gasteiger partial charge in [-0.15, -0.1) is 11.3 Å². The van der Waals surface area contributed by atoms with Crippen molar-refractivity contribution >= 4 is 55.0 Å². The predicted molar refractivity (Wildman–Crippen MR) is 184 cm³/mol. The molecule has 0 fully saturated rings. The van der Waals surface area contributed by atoms with Crippen molar-refractivity contribution in [3.63, 3.8) is 0 Å². The van der Waals surface area contributed by atoms with Gasteiger partial charge < -0.3 is 14.7 Å². The maximum Gasteiger partial charge on any atom is 0.355 e. The van der Waals surface area contributed by atoms with Crippen LogP contribution in [0.25, 0.3) is 21.3 Å². The van der Waals surface area contributed by atoms with Crippen LogP contribution in [-0.4, -0.2) is 40.1 Å². The van der Waals surface area contributed by atoms with Gasteiger partial charge in [0.15, 0.2) is 16.0 Å². The van der Waals surface area contributed by atoms with Crippen molar-refractivity contribution in [2.24, 2.45) is 0 Å². The van der Waals surface area contributed by atoms with E-state index in [9.17, 15) is 14.7 Å². The first-order valence-corrected chi connectivity index (χ1v) is 16.7. The van der Waals surface area contributed by atoms with Crippen molar-refractivity contribution in [3.8, 4) is 16.9 Å². The molecule has 0 saturated heterocycles. The van der Waals surface area contributed by atoms with Gasteiger partial charge in [0.1, 0.15) is 5.75 Å². The Bertz CT molecular complexity index is 1990. The van der Waals surface area contributed by atoms with Gasteiger partial charge in [0.25, 0.3) is 5.91 Å². The third-order valence-corrected chi connectivity index (χ3v) is 10.1. The van der Waals surface area contributed by atoms with Gasteiger partial charge in [-0.1, -0.05) is 78.1 Å². The molecule has 10 heteroatoms. The number of benzene rings is 4. The fraction of sp³-hybridized carbons (Fsp3) is 0.167. The minimum absolute atomic E-state index is 0.0832. The lowest BCUT2D eigenvalue weighted by Crippen LogP contribution is -2.32. The number of hydrogen-bond donors (Lipinski definition) is 2. The molecule has 46 heavy (non-hydrogen) atoms. The number of hydrogen-bond acceptors (Lipinski definition) is 8. The second-order valence-corrected chi connectivity index (χ2v) is 13.1. The van der Waals surface area contributed by atoms with E-state index in [4.69, 9.17) is 4.74 Å². The standard InChI is InChI=1S/C36H30N4O4S2/c41-33(39-35-37-29-12-4-5-13-30(29)45-35)27-11-6-10-25-19-20-40(22-28(25)27)36-38-32(34(42)43)31(46-36)14-7-21-44-26-17-15-24(16-18-26)23-8-2-1-3-9-23/h1-6,8-13,15-18H,7,14,19-22H2,(H,42,43)(H,37,39,41). The molecule has 0 radical (unpaired) electrons. The Labute approximate surface area is 274 Å². The average molecular weight is 647 g/mol. The van der Waals surface area contributed by atoms with Gasteiger partial charge in [-0.25, -0.2) is 14.8 Å². The summed E-state index contributed by atoms with van der Waals surface area (Å²) in [6, 6.07) is 31.7. The highest BCUT2D eigenvalue weighted by Gasteiger charge is 2.26. The normalized spacial score (nSPS) is 12.6. The molecular weight excluding hydrogens is 617 g/mol. The number of aryl methyl sites for hydroxylation is 1. The van der Waals surface area contributed by atoms with Crippen LogP contribution in [0.4, 0.5) is 10.3 Å². The lowest BCUT2D eigenvalue weighted by atomic mass is 9.94. The van der Waals surface area contributed by atoms with Gasteiger partial charge in [0, 0.05) is 23.5 Å². The van der Waals surface area contributed by atoms with E-state index >= 15 is 0 Å². The van der Waals surface area contributed by atoms with Crippen LogP contribution in [0.15, 0.2) is 97.1 Å². The molecule has 4 aromatic carbocycles. The molecule has 1 aliphatic rings. The zero-order chi connectivity index (χ0) is 31.5. The smallest absolute Gasteiger partial charge is 0.355 e. The highest BCUT2D eigenvalue weighted by Crippen LogP contribution is 2.33. The molecule has 2 N–H and O–H groups in total. The number of para-hydroxylation sites is 1. The Balaban J connectivity index is 1.01. The fourth-order valence-electron chi connectivity index (χ4n) is 5.66. The van der Waals surface area contributed by atoms with Crippen LogP contribution in [0, 0.1) is 0 Å². The Kier molecular flexibility index (Phi) is 8.45. The third kappa shape index (κ3) is 6.35. The van der Waals surface area contributed by atoms with Crippen molar-refractivity contribution in [2.75, 3.05) is 23.4 Å². The highest BCUT2D eigenvalue weighted by atomic mass is 32.1. The van der Waals surface area contributed by atoms with Crippen LogP contribution in [0.1, 0.15) is 43.3 Å². The summed E-state index contributed by atoms with van der Waals surface area (Å²) < 4.78 is 6.97. The number of anilines is 2. The Morgan fingerprint density at radius 2 is 1.65 bits per heavy atom. The van der Waals surface area contributed by atoms with Crippen molar-refractivity contribution in [3.05, 3.63) is 124 Å². The number of nitrogens with zero attached hydrogens (tertiary/aromatic N) is 3. The second kappa shape index (κ2) is 13.1. The largest absolute Gasteiger partial charge is 0.494 e. The predicted octanol–water partition coefficient (Wildman–Crippen LogP) is 7.94. The molecule has 0 saturated carbocycles. The summed E-state index contributed by atoms with van der Waals surface area (Å²) in [5, 5.41) is 14.1. The van der Waals surface area contributed by atoms with Crippen LogP contribution in [0.2, 0.25) is 0 Å². The number of carboxylic acids is 1. The number of fused-ring (bicyclic) bond motifs is 2. The molecule has 6 aromatic rings. The molecule has 0 atom stereocenters. The zero-order valence-corrected chi connectivity index (χ0v) is 26.4. The van der Waals surface area contributed by atoms with E-state index in [-0.39, 0.29) is 11.6 Å². The van der Waals surface area contributed by atoms with Crippen molar-refractivity contribution in [1.29, 1.82) is 0 Å². The first kappa shape index (κ1) is 29.6. The van der Waals surface area contributed by atoms with Crippen molar-refractivity contribution in [2.45, 2.75) is 25.8 Å². The van der Waals surface area contributed by atoms with E-state index in [2.05, 4.69) is 32.3 Å². The van der Waals surface area contributed by atoms with Gasteiger partial charge in [0.05, 0.1) is 16.8 Å².